The Bertz CT molecular complexity index is 192. The molecule has 0 amide bonds. The molecule has 2 unspecified atom stereocenters. The fraction of sp³-hybridized carbons (Fsp3) is 1.00. The van der Waals surface area contributed by atoms with Gasteiger partial charge in [0.25, 0.3) is 0 Å². The van der Waals surface area contributed by atoms with Gasteiger partial charge < -0.3 is 5.32 Å². The summed E-state index contributed by atoms with van der Waals surface area (Å²) in [7, 11) is 0. The Kier molecular flexibility index (Phi) is 6.54. The molecule has 1 rings (SSSR count). The van der Waals surface area contributed by atoms with Crippen molar-refractivity contribution in [1.82, 2.24) is 5.32 Å². The van der Waals surface area contributed by atoms with Crippen LogP contribution >= 0.6 is 0 Å². The molecule has 1 nitrogen and oxygen atoms in total. The van der Waals surface area contributed by atoms with Crippen LogP contribution in [0.3, 0.4) is 0 Å². The fourth-order valence-corrected chi connectivity index (χ4v) is 3.00. The Morgan fingerprint density at radius 1 is 1.12 bits per heavy atom. The summed E-state index contributed by atoms with van der Waals surface area (Å²) in [4.78, 5) is 0. The lowest BCUT2D eigenvalue weighted by Gasteiger charge is -2.26. The minimum atomic E-state index is 0.500. The van der Waals surface area contributed by atoms with Crippen molar-refractivity contribution in [1.29, 1.82) is 0 Å². The van der Waals surface area contributed by atoms with Gasteiger partial charge in [-0.15, -0.1) is 0 Å². The van der Waals surface area contributed by atoms with Crippen molar-refractivity contribution in [3.8, 4) is 0 Å². The van der Waals surface area contributed by atoms with E-state index in [0.29, 0.717) is 5.41 Å². The highest BCUT2D eigenvalue weighted by molar-refractivity contribution is 4.71. The first-order valence-electron chi connectivity index (χ1n) is 7.68. The van der Waals surface area contributed by atoms with Gasteiger partial charge in [0.05, 0.1) is 0 Å². The molecule has 0 aliphatic heterocycles. The molecule has 1 fully saturated rings. The lowest BCUT2D eigenvalue weighted by atomic mass is 9.81. The zero-order chi connectivity index (χ0) is 12.7. The van der Waals surface area contributed by atoms with E-state index in [4.69, 9.17) is 0 Å². The maximum atomic E-state index is 3.62. The normalized spacial score (nSPS) is 26.1. The third-order valence-corrected chi connectivity index (χ3v) is 4.05. The van der Waals surface area contributed by atoms with E-state index in [1.54, 1.807) is 0 Å². The molecule has 0 radical (unpaired) electrons. The maximum absolute atomic E-state index is 3.62. The highest BCUT2D eigenvalue weighted by Crippen LogP contribution is 2.30. The van der Waals surface area contributed by atoms with Crippen LogP contribution in [0.4, 0.5) is 0 Å². The third kappa shape index (κ3) is 7.81. The number of hydrogen-bond acceptors (Lipinski definition) is 1. The van der Waals surface area contributed by atoms with Gasteiger partial charge in [0.2, 0.25) is 0 Å². The molecule has 0 aromatic heterocycles. The van der Waals surface area contributed by atoms with Gasteiger partial charge in [-0.2, -0.15) is 0 Å². The van der Waals surface area contributed by atoms with Crippen molar-refractivity contribution in [3.05, 3.63) is 0 Å². The smallest absolute Gasteiger partial charge is 0.00463 e. The zero-order valence-corrected chi connectivity index (χ0v) is 12.5. The minimum Gasteiger partial charge on any atom is -0.317 e. The van der Waals surface area contributed by atoms with Gasteiger partial charge in [-0.1, -0.05) is 47.0 Å². The van der Waals surface area contributed by atoms with Crippen LogP contribution < -0.4 is 5.32 Å². The Morgan fingerprint density at radius 2 is 1.88 bits per heavy atom. The standard InChI is InChI=1S/C16H33N/c1-14-7-5-8-15(13-14)9-12-17-11-6-10-16(2,3)4/h14-15,17H,5-13H2,1-4H3. The molecule has 0 bridgehead atoms. The molecule has 0 heterocycles. The second kappa shape index (κ2) is 7.41. The van der Waals surface area contributed by atoms with Crippen LogP contribution in [-0.4, -0.2) is 13.1 Å². The molecule has 0 saturated heterocycles. The quantitative estimate of drug-likeness (QED) is 0.667. The summed E-state index contributed by atoms with van der Waals surface area (Å²) in [5, 5.41) is 3.62. The average molecular weight is 239 g/mol. The van der Waals surface area contributed by atoms with E-state index in [1.165, 1.54) is 58.0 Å². The first-order valence-corrected chi connectivity index (χ1v) is 7.68. The van der Waals surface area contributed by atoms with Crippen LogP contribution in [0.2, 0.25) is 0 Å². The molecule has 1 aliphatic carbocycles. The molecule has 0 aromatic rings. The van der Waals surface area contributed by atoms with Crippen LogP contribution in [0.15, 0.2) is 0 Å². The van der Waals surface area contributed by atoms with E-state index in [1.807, 2.05) is 0 Å². The van der Waals surface area contributed by atoms with Crippen molar-refractivity contribution in [3.63, 3.8) is 0 Å². The van der Waals surface area contributed by atoms with Crippen molar-refractivity contribution in [2.24, 2.45) is 17.3 Å². The topological polar surface area (TPSA) is 12.0 Å². The van der Waals surface area contributed by atoms with E-state index in [9.17, 15) is 0 Å². The fourth-order valence-electron chi connectivity index (χ4n) is 3.00. The van der Waals surface area contributed by atoms with E-state index in [-0.39, 0.29) is 0 Å². The summed E-state index contributed by atoms with van der Waals surface area (Å²) in [5.41, 5.74) is 0.500. The monoisotopic (exact) mass is 239 g/mol. The lowest BCUT2D eigenvalue weighted by Crippen LogP contribution is -2.22. The van der Waals surface area contributed by atoms with Crippen LogP contribution in [0.25, 0.3) is 0 Å². The highest BCUT2D eigenvalue weighted by Gasteiger charge is 2.18. The molecule has 1 N–H and O–H groups in total. The van der Waals surface area contributed by atoms with E-state index in [0.717, 1.165) is 11.8 Å². The minimum absolute atomic E-state index is 0.500. The van der Waals surface area contributed by atoms with Crippen molar-refractivity contribution in [2.45, 2.75) is 72.6 Å². The number of rotatable bonds is 6. The van der Waals surface area contributed by atoms with Crippen LogP contribution in [0, 0.1) is 17.3 Å². The molecule has 1 aliphatic rings. The summed E-state index contributed by atoms with van der Waals surface area (Å²) in [6.07, 6.45) is 9.95. The van der Waals surface area contributed by atoms with Gasteiger partial charge in [0.1, 0.15) is 0 Å². The molecule has 1 heteroatoms. The number of hydrogen-bond donors (Lipinski definition) is 1. The second-order valence-electron chi connectivity index (χ2n) is 7.34. The summed E-state index contributed by atoms with van der Waals surface area (Å²) < 4.78 is 0. The van der Waals surface area contributed by atoms with Gasteiger partial charge in [-0.25, -0.2) is 0 Å². The Morgan fingerprint density at radius 3 is 2.53 bits per heavy atom. The first kappa shape index (κ1) is 15.0. The lowest BCUT2D eigenvalue weighted by molar-refractivity contribution is 0.267. The molecular formula is C16H33N. The Labute approximate surface area is 109 Å². The predicted octanol–water partition coefficient (Wildman–Crippen LogP) is 4.62. The molecule has 17 heavy (non-hydrogen) atoms. The van der Waals surface area contributed by atoms with Crippen molar-refractivity contribution in [2.75, 3.05) is 13.1 Å². The molecule has 2 atom stereocenters. The largest absolute Gasteiger partial charge is 0.317 e. The van der Waals surface area contributed by atoms with Crippen LogP contribution in [0.1, 0.15) is 72.6 Å². The average Bonchev–Trinajstić information content (AvgIpc) is 2.22. The Balaban J connectivity index is 1.93. The van der Waals surface area contributed by atoms with Gasteiger partial charge in [0, 0.05) is 0 Å². The SMILES string of the molecule is CC1CCCC(CCNCCCC(C)(C)C)C1. The van der Waals surface area contributed by atoms with Gasteiger partial charge >= 0.3 is 0 Å². The third-order valence-electron chi connectivity index (χ3n) is 4.05. The van der Waals surface area contributed by atoms with Crippen molar-refractivity contribution >= 4 is 0 Å². The molecular weight excluding hydrogens is 206 g/mol. The highest BCUT2D eigenvalue weighted by atomic mass is 14.8. The molecule has 1 saturated carbocycles. The van der Waals surface area contributed by atoms with Crippen LogP contribution in [-0.2, 0) is 0 Å². The van der Waals surface area contributed by atoms with E-state index >= 15 is 0 Å². The maximum Gasteiger partial charge on any atom is -0.00463 e. The second-order valence-corrected chi connectivity index (χ2v) is 7.34. The number of nitrogens with one attached hydrogen (secondary N) is 1. The van der Waals surface area contributed by atoms with Gasteiger partial charge in [0.15, 0.2) is 0 Å². The molecule has 0 aromatic carbocycles. The van der Waals surface area contributed by atoms with E-state index in [2.05, 4.69) is 33.0 Å². The van der Waals surface area contributed by atoms with E-state index < -0.39 is 0 Å². The predicted molar refractivity (Wildman–Crippen MR) is 77.3 cm³/mol. The first-order chi connectivity index (χ1) is 7.97. The van der Waals surface area contributed by atoms with Crippen molar-refractivity contribution < 1.29 is 0 Å². The zero-order valence-electron chi connectivity index (χ0n) is 12.5. The summed E-state index contributed by atoms with van der Waals surface area (Å²) in [5.74, 6) is 1.99. The molecule has 102 valence electrons. The molecule has 0 spiro atoms. The summed E-state index contributed by atoms with van der Waals surface area (Å²) in [6, 6.07) is 0. The summed E-state index contributed by atoms with van der Waals surface area (Å²) >= 11 is 0. The van der Waals surface area contributed by atoms with Gasteiger partial charge in [-0.3, -0.25) is 0 Å². The van der Waals surface area contributed by atoms with Gasteiger partial charge in [-0.05, 0) is 56.0 Å². The van der Waals surface area contributed by atoms with Crippen LogP contribution in [0.5, 0.6) is 0 Å². The summed E-state index contributed by atoms with van der Waals surface area (Å²) in [6.45, 7) is 11.9. The Hall–Kier alpha value is -0.0400.